The van der Waals surface area contributed by atoms with Crippen LogP contribution in [0.3, 0.4) is 0 Å². The summed E-state index contributed by atoms with van der Waals surface area (Å²) in [5.74, 6) is 0. The number of nitrogens with zero attached hydrogens (tertiary/aromatic N) is 1. The SMILES string of the molecule is Cc1ccccc1COC(C)C#N. The fourth-order valence-corrected chi connectivity index (χ4v) is 1.02. The van der Waals surface area contributed by atoms with Crippen LogP contribution in [-0.2, 0) is 11.3 Å². The van der Waals surface area contributed by atoms with Crippen LogP contribution in [0, 0.1) is 18.3 Å². The van der Waals surface area contributed by atoms with Gasteiger partial charge in [-0.3, -0.25) is 0 Å². The lowest BCUT2D eigenvalue weighted by Gasteiger charge is -2.07. The molecule has 1 aromatic carbocycles. The van der Waals surface area contributed by atoms with Crippen molar-refractivity contribution in [3.05, 3.63) is 35.4 Å². The summed E-state index contributed by atoms with van der Waals surface area (Å²) in [6.07, 6.45) is -0.334. The summed E-state index contributed by atoms with van der Waals surface area (Å²) in [6, 6.07) is 10.1. The first-order valence-electron chi connectivity index (χ1n) is 4.29. The van der Waals surface area contributed by atoms with Crippen LogP contribution in [0.1, 0.15) is 18.1 Å². The highest BCUT2D eigenvalue weighted by molar-refractivity contribution is 5.24. The highest BCUT2D eigenvalue weighted by atomic mass is 16.5. The molecule has 0 saturated heterocycles. The summed E-state index contributed by atoms with van der Waals surface area (Å²) in [7, 11) is 0. The standard InChI is InChI=1S/C11H13NO/c1-9-5-3-4-6-11(9)8-13-10(2)7-12/h3-6,10H,8H2,1-2H3. The van der Waals surface area contributed by atoms with E-state index in [1.165, 1.54) is 5.56 Å². The molecule has 1 unspecified atom stereocenters. The van der Waals surface area contributed by atoms with Crippen LogP contribution in [0.2, 0.25) is 0 Å². The van der Waals surface area contributed by atoms with Crippen molar-refractivity contribution in [1.29, 1.82) is 5.26 Å². The smallest absolute Gasteiger partial charge is 0.141 e. The highest BCUT2D eigenvalue weighted by Crippen LogP contribution is 2.09. The van der Waals surface area contributed by atoms with Crippen molar-refractivity contribution < 1.29 is 4.74 Å². The van der Waals surface area contributed by atoms with Gasteiger partial charge in [-0.1, -0.05) is 24.3 Å². The van der Waals surface area contributed by atoms with Crippen molar-refractivity contribution in [3.63, 3.8) is 0 Å². The number of benzene rings is 1. The number of hydrogen-bond acceptors (Lipinski definition) is 2. The van der Waals surface area contributed by atoms with E-state index in [0.717, 1.165) is 5.56 Å². The first kappa shape index (κ1) is 9.76. The van der Waals surface area contributed by atoms with Gasteiger partial charge in [-0.15, -0.1) is 0 Å². The number of nitriles is 1. The summed E-state index contributed by atoms with van der Waals surface area (Å²) in [6.45, 7) is 4.30. The molecule has 0 fully saturated rings. The van der Waals surface area contributed by atoms with E-state index in [1.54, 1.807) is 6.92 Å². The largest absolute Gasteiger partial charge is 0.359 e. The Morgan fingerprint density at radius 1 is 1.46 bits per heavy atom. The van der Waals surface area contributed by atoms with Gasteiger partial charge in [-0.2, -0.15) is 5.26 Å². The number of ether oxygens (including phenoxy) is 1. The third kappa shape index (κ3) is 2.89. The van der Waals surface area contributed by atoms with Gasteiger partial charge in [-0.25, -0.2) is 0 Å². The second-order valence-electron chi connectivity index (χ2n) is 3.01. The molecule has 0 amide bonds. The predicted molar refractivity (Wildman–Crippen MR) is 51.0 cm³/mol. The second kappa shape index (κ2) is 4.64. The molecule has 0 bridgehead atoms. The molecule has 0 radical (unpaired) electrons. The summed E-state index contributed by atoms with van der Waals surface area (Å²) < 4.78 is 5.30. The van der Waals surface area contributed by atoms with Crippen molar-refractivity contribution in [2.45, 2.75) is 26.6 Å². The van der Waals surface area contributed by atoms with E-state index in [4.69, 9.17) is 10.00 Å². The third-order valence-corrected chi connectivity index (χ3v) is 1.93. The van der Waals surface area contributed by atoms with E-state index in [9.17, 15) is 0 Å². The molecule has 2 heteroatoms. The van der Waals surface area contributed by atoms with Gasteiger partial charge in [0.25, 0.3) is 0 Å². The Morgan fingerprint density at radius 3 is 2.77 bits per heavy atom. The maximum Gasteiger partial charge on any atom is 0.141 e. The topological polar surface area (TPSA) is 33.0 Å². The summed E-state index contributed by atoms with van der Waals surface area (Å²) in [5, 5.41) is 8.51. The van der Waals surface area contributed by atoms with E-state index in [0.29, 0.717) is 6.61 Å². The molecule has 0 aliphatic carbocycles. The number of aryl methyl sites for hydroxylation is 1. The van der Waals surface area contributed by atoms with Crippen LogP contribution >= 0.6 is 0 Å². The fraction of sp³-hybridized carbons (Fsp3) is 0.364. The maximum absolute atomic E-state index is 8.51. The lowest BCUT2D eigenvalue weighted by atomic mass is 10.1. The quantitative estimate of drug-likeness (QED) is 0.706. The lowest BCUT2D eigenvalue weighted by molar-refractivity contribution is 0.0884. The maximum atomic E-state index is 8.51. The Kier molecular flexibility index (Phi) is 3.48. The van der Waals surface area contributed by atoms with E-state index in [-0.39, 0.29) is 6.10 Å². The molecular formula is C11H13NO. The molecule has 0 aromatic heterocycles. The first-order chi connectivity index (χ1) is 6.24. The fourth-order valence-electron chi connectivity index (χ4n) is 1.02. The zero-order chi connectivity index (χ0) is 9.68. The Labute approximate surface area is 78.8 Å². The van der Waals surface area contributed by atoms with Crippen LogP contribution < -0.4 is 0 Å². The Balaban J connectivity index is 2.56. The molecule has 0 aliphatic rings. The first-order valence-corrected chi connectivity index (χ1v) is 4.29. The Bertz CT molecular complexity index is 314. The van der Waals surface area contributed by atoms with Gasteiger partial charge in [0.2, 0.25) is 0 Å². The molecule has 0 N–H and O–H groups in total. The normalized spacial score (nSPS) is 12.1. The predicted octanol–water partition coefficient (Wildman–Crippen LogP) is 2.42. The van der Waals surface area contributed by atoms with E-state index >= 15 is 0 Å². The molecule has 0 saturated carbocycles. The van der Waals surface area contributed by atoms with Gasteiger partial charge in [0.05, 0.1) is 12.7 Å². The molecule has 0 spiro atoms. The zero-order valence-corrected chi connectivity index (χ0v) is 7.95. The molecule has 1 aromatic rings. The van der Waals surface area contributed by atoms with E-state index in [1.807, 2.05) is 37.3 Å². The zero-order valence-electron chi connectivity index (χ0n) is 7.95. The highest BCUT2D eigenvalue weighted by Gasteiger charge is 2.01. The Hall–Kier alpha value is -1.33. The lowest BCUT2D eigenvalue weighted by Crippen LogP contribution is -2.05. The summed E-state index contributed by atoms with van der Waals surface area (Å²) >= 11 is 0. The minimum atomic E-state index is -0.334. The van der Waals surface area contributed by atoms with Gasteiger partial charge in [-0.05, 0) is 25.0 Å². The second-order valence-corrected chi connectivity index (χ2v) is 3.01. The molecule has 0 aliphatic heterocycles. The van der Waals surface area contributed by atoms with Gasteiger partial charge >= 0.3 is 0 Å². The van der Waals surface area contributed by atoms with Crippen LogP contribution in [0.25, 0.3) is 0 Å². The van der Waals surface area contributed by atoms with Crippen LogP contribution in [0.4, 0.5) is 0 Å². The average molecular weight is 175 g/mol. The number of hydrogen-bond donors (Lipinski definition) is 0. The minimum Gasteiger partial charge on any atom is -0.359 e. The number of rotatable bonds is 3. The average Bonchev–Trinajstić information content (AvgIpc) is 2.16. The molecule has 0 heterocycles. The molecule has 1 rings (SSSR count). The van der Waals surface area contributed by atoms with Crippen molar-refractivity contribution in [2.24, 2.45) is 0 Å². The van der Waals surface area contributed by atoms with Gasteiger partial charge < -0.3 is 4.74 Å². The summed E-state index contributed by atoms with van der Waals surface area (Å²) in [5.41, 5.74) is 2.34. The van der Waals surface area contributed by atoms with Crippen molar-refractivity contribution in [2.75, 3.05) is 0 Å². The molecule has 1 atom stereocenters. The van der Waals surface area contributed by atoms with Crippen LogP contribution in [0.5, 0.6) is 0 Å². The van der Waals surface area contributed by atoms with E-state index in [2.05, 4.69) is 0 Å². The summed E-state index contributed by atoms with van der Waals surface area (Å²) in [4.78, 5) is 0. The van der Waals surface area contributed by atoms with Crippen molar-refractivity contribution >= 4 is 0 Å². The van der Waals surface area contributed by atoms with Crippen molar-refractivity contribution in [3.8, 4) is 6.07 Å². The van der Waals surface area contributed by atoms with Crippen molar-refractivity contribution in [1.82, 2.24) is 0 Å². The monoisotopic (exact) mass is 175 g/mol. The van der Waals surface area contributed by atoms with Gasteiger partial charge in [0, 0.05) is 0 Å². The van der Waals surface area contributed by atoms with Crippen LogP contribution in [0.15, 0.2) is 24.3 Å². The Morgan fingerprint density at radius 2 is 2.15 bits per heavy atom. The molecule has 2 nitrogen and oxygen atoms in total. The van der Waals surface area contributed by atoms with Gasteiger partial charge in [0.1, 0.15) is 6.10 Å². The molecule has 68 valence electrons. The van der Waals surface area contributed by atoms with Crippen LogP contribution in [-0.4, -0.2) is 6.10 Å². The van der Waals surface area contributed by atoms with Gasteiger partial charge in [0.15, 0.2) is 0 Å². The van der Waals surface area contributed by atoms with E-state index < -0.39 is 0 Å². The molecule has 13 heavy (non-hydrogen) atoms. The molecular weight excluding hydrogens is 162 g/mol. The third-order valence-electron chi connectivity index (χ3n) is 1.93. The minimum absolute atomic E-state index is 0.334.